The van der Waals surface area contributed by atoms with Crippen molar-refractivity contribution in [1.29, 1.82) is 0 Å². The molecule has 0 atom stereocenters. The molecule has 2 aromatic carbocycles. The van der Waals surface area contributed by atoms with Crippen LogP contribution in [0.25, 0.3) is 0 Å². The van der Waals surface area contributed by atoms with Crippen molar-refractivity contribution in [1.82, 2.24) is 0 Å². The van der Waals surface area contributed by atoms with Gasteiger partial charge in [0.15, 0.2) is 9.84 Å². The number of sulfone groups is 1. The number of anilines is 2. The summed E-state index contributed by atoms with van der Waals surface area (Å²) in [6.45, 7) is 0.893. The summed E-state index contributed by atoms with van der Waals surface area (Å²) in [6, 6.07) is 14.0. The zero-order chi connectivity index (χ0) is 18.1. The van der Waals surface area contributed by atoms with Crippen LogP contribution in [-0.2, 0) is 26.4 Å². The van der Waals surface area contributed by atoms with Crippen molar-refractivity contribution in [3.05, 3.63) is 54.1 Å². The van der Waals surface area contributed by atoms with Crippen molar-refractivity contribution in [2.45, 2.75) is 17.9 Å². The predicted octanol–water partition coefficient (Wildman–Crippen LogP) is 2.24. The van der Waals surface area contributed by atoms with E-state index in [1.165, 1.54) is 10.6 Å². The average molecular weight is 380 g/mol. The Kier molecular flexibility index (Phi) is 4.75. The van der Waals surface area contributed by atoms with Gasteiger partial charge in [-0.05, 0) is 36.2 Å². The fourth-order valence-corrected chi connectivity index (χ4v) is 5.31. The lowest BCUT2D eigenvalue weighted by atomic mass is 10.2. The SMILES string of the molecule is CS(=O)(=O)c1ccccc1NCc1cccc(N2CCCS2(=O)=O)c1. The minimum Gasteiger partial charge on any atom is -0.380 e. The molecule has 0 aromatic heterocycles. The third-order valence-electron chi connectivity index (χ3n) is 4.07. The van der Waals surface area contributed by atoms with Crippen LogP contribution in [0.4, 0.5) is 11.4 Å². The van der Waals surface area contributed by atoms with Crippen LogP contribution in [0.1, 0.15) is 12.0 Å². The Morgan fingerprint density at radius 1 is 1.12 bits per heavy atom. The second kappa shape index (κ2) is 6.68. The van der Waals surface area contributed by atoms with Crippen LogP contribution in [0, 0.1) is 0 Å². The largest absolute Gasteiger partial charge is 0.380 e. The summed E-state index contributed by atoms with van der Waals surface area (Å²) in [5.41, 5.74) is 2.06. The van der Waals surface area contributed by atoms with Crippen LogP contribution in [0.2, 0.25) is 0 Å². The van der Waals surface area contributed by atoms with E-state index in [-0.39, 0.29) is 10.6 Å². The monoisotopic (exact) mass is 380 g/mol. The first-order valence-electron chi connectivity index (χ1n) is 7.90. The first-order valence-corrected chi connectivity index (χ1v) is 11.4. The fraction of sp³-hybridized carbons (Fsp3) is 0.294. The molecule has 1 aliphatic heterocycles. The molecule has 1 fully saturated rings. The Morgan fingerprint density at radius 3 is 2.56 bits per heavy atom. The van der Waals surface area contributed by atoms with Gasteiger partial charge in [0.05, 0.1) is 22.0 Å². The molecule has 0 radical (unpaired) electrons. The number of para-hydroxylation sites is 1. The van der Waals surface area contributed by atoms with E-state index in [2.05, 4.69) is 5.32 Å². The highest BCUT2D eigenvalue weighted by Gasteiger charge is 2.28. The van der Waals surface area contributed by atoms with E-state index in [0.717, 1.165) is 5.56 Å². The van der Waals surface area contributed by atoms with E-state index < -0.39 is 19.9 Å². The van der Waals surface area contributed by atoms with Crippen molar-refractivity contribution >= 4 is 31.2 Å². The van der Waals surface area contributed by atoms with E-state index in [1.54, 1.807) is 30.3 Å². The van der Waals surface area contributed by atoms with Gasteiger partial charge in [0, 0.05) is 19.3 Å². The van der Waals surface area contributed by atoms with Crippen molar-refractivity contribution in [3.63, 3.8) is 0 Å². The van der Waals surface area contributed by atoms with Crippen molar-refractivity contribution in [2.24, 2.45) is 0 Å². The maximum absolute atomic E-state index is 12.1. The maximum Gasteiger partial charge on any atom is 0.235 e. The number of benzene rings is 2. The molecule has 0 aliphatic carbocycles. The van der Waals surface area contributed by atoms with Gasteiger partial charge in [-0.25, -0.2) is 16.8 Å². The molecule has 3 rings (SSSR count). The molecular weight excluding hydrogens is 360 g/mol. The summed E-state index contributed by atoms with van der Waals surface area (Å²) in [6.07, 6.45) is 1.80. The Morgan fingerprint density at radius 2 is 1.88 bits per heavy atom. The normalized spacial score (nSPS) is 16.8. The van der Waals surface area contributed by atoms with Gasteiger partial charge in [0.25, 0.3) is 0 Å². The zero-order valence-electron chi connectivity index (χ0n) is 13.8. The third kappa shape index (κ3) is 3.96. The van der Waals surface area contributed by atoms with Gasteiger partial charge < -0.3 is 5.32 Å². The summed E-state index contributed by atoms with van der Waals surface area (Å²) in [7, 11) is -6.54. The van der Waals surface area contributed by atoms with Gasteiger partial charge in [-0.15, -0.1) is 0 Å². The first-order chi connectivity index (χ1) is 11.8. The molecule has 6 nitrogen and oxygen atoms in total. The average Bonchev–Trinajstić information content (AvgIpc) is 2.92. The van der Waals surface area contributed by atoms with Crippen LogP contribution in [0.15, 0.2) is 53.4 Å². The minimum atomic E-state index is -3.32. The van der Waals surface area contributed by atoms with Gasteiger partial charge in [-0.1, -0.05) is 24.3 Å². The summed E-state index contributed by atoms with van der Waals surface area (Å²) in [5.74, 6) is 0.178. The highest BCUT2D eigenvalue weighted by atomic mass is 32.2. The number of hydrogen-bond acceptors (Lipinski definition) is 5. The number of nitrogens with zero attached hydrogens (tertiary/aromatic N) is 1. The smallest absolute Gasteiger partial charge is 0.235 e. The van der Waals surface area contributed by atoms with Gasteiger partial charge in [-0.2, -0.15) is 0 Å². The lowest BCUT2D eigenvalue weighted by Crippen LogP contribution is -2.25. The molecule has 1 heterocycles. The van der Waals surface area contributed by atoms with Gasteiger partial charge >= 0.3 is 0 Å². The lowest BCUT2D eigenvalue weighted by Gasteiger charge is -2.18. The lowest BCUT2D eigenvalue weighted by molar-refractivity contribution is 0.598. The van der Waals surface area contributed by atoms with Crippen molar-refractivity contribution in [2.75, 3.05) is 28.2 Å². The Balaban J connectivity index is 1.81. The molecular formula is C17H20N2O4S2. The van der Waals surface area contributed by atoms with Crippen LogP contribution < -0.4 is 9.62 Å². The van der Waals surface area contributed by atoms with Crippen LogP contribution in [0.5, 0.6) is 0 Å². The number of sulfonamides is 1. The second-order valence-corrected chi connectivity index (χ2v) is 10.0. The number of rotatable bonds is 5. The molecule has 2 aromatic rings. The first kappa shape index (κ1) is 17.8. The number of hydrogen-bond donors (Lipinski definition) is 1. The van der Waals surface area contributed by atoms with E-state index in [1.807, 2.05) is 18.2 Å². The van der Waals surface area contributed by atoms with Crippen LogP contribution in [0.3, 0.4) is 0 Å². The van der Waals surface area contributed by atoms with Gasteiger partial charge in [0.2, 0.25) is 10.0 Å². The molecule has 0 amide bonds. The summed E-state index contributed by atoms with van der Waals surface area (Å²) < 4.78 is 49.2. The molecule has 1 N–H and O–H groups in total. The van der Waals surface area contributed by atoms with E-state index >= 15 is 0 Å². The van der Waals surface area contributed by atoms with E-state index in [4.69, 9.17) is 0 Å². The quantitative estimate of drug-likeness (QED) is 0.860. The molecule has 0 saturated carbocycles. The Hall–Kier alpha value is -2.06. The zero-order valence-corrected chi connectivity index (χ0v) is 15.5. The Bertz CT molecular complexity index is 985. The van der Waals surface area contributed by atoms with Gasteiger partial charge in [0.1, 0.15) is 0 Å². The third-order valence-corrected chi connectivity index (χ3v) is 7.09. The highest BCUT2D eigenvalue weighted by molar-refractivity contribution is 7.93. The highest BCUT2D eigenvalue weighted by Crippen LogP contribution is 2.26. The topological polar surface area (TPSA) is 83.6 Å². The molecule has 0 spiro atoms. The summed E-state index contributed by atoms with van der Waals surface area (Å²) >= 11 is 0. The molecule has 8 heteroatoms. The Labute approximate surface area is 148 Å². The second-order valence-electron chi connectivity index (χ2n) is 6.03. The number of nitrogens with one attached hydrogen (secondary N) is 1. The fourth-order valence-electron chi connectivity index (χ4n) is 2.88. The van der Waals surface area contributed by atoms with Crippen molar-refractivity contribution < 1.29 is 16.8 Å². The van der Waals surface area contributed by atoms with E-state index in [9.17, 15) is 16.8 Å². The van der Waals surface area contributed by atoms with Crippen LogP contribution in [-0.4, -0.2) is 35.4 Å². The molecule has 134 valence electrons. The molecule has 25 heavy (non-hydrogen) atoms. The molecule has 1 saturated heterocycles. The van der Waals surface area contributed by atoms with Gasteiger partial charge in [-0.3, -0.25) is 4.31 Å². The van der Waals surface area contributed by atoms with Crippen molar-refractivity contribution in [3.8, 4) is 0 Å². The van der Waals surface area contributed by atoms with E-state index in [0.29, 0.717) is 30.9 Å². The predicted molar refractivity (Wildman–Crippen MR) is 99.1 cm³/mol. The summed E-state index contributed by atoms with van der Waals surface area (Å²) in [5, 5.41) is 3.13. The molecule has 0 unspecified atom stereocenters. The summed E-state index contributed by atoms with van der Waals surface area (Å²) in [4.78, 5) is 0.244. The standard InChI is InChI=1S/C17H20N2O4S2/c1-24(20,21)17-9-3-2-8-16(17)18-13-14-6-4-7-15(12-14)19-10-5-11-25(19,22)23/h2-4,6-9,12,18H,5,10-11,13H2,1H3. The minimum absolute atomic E-state index is 0.178. The maximum atomic E-state index is 12.1. The van der Waals surface area contributed by atoms with Crippen LogP contribution >= 0.6 is 0 Å². The molecule has 1 aliphatic rings. The molecule has 0 bridgehead atoms.